The van der Waals surface area contributed by atoms with Gasteiger partial charge >= 0.3 is 5.97 Å². The van der Waals surface area contributed by atoms with E-state index in [9.17, 15) is 14.0 Å². The number of nitrogens with zero attached hydrogens (tertiary/aromatic N) is 2. The summed E-state index contributed by atoms with van der Waals surface area (Å²) in [7, 11) is 0. The fraction of sp³-hybridized carbons (Fsp3) is 0.400. The van der Waals surface area contributed by atoms with Gasteiger partial charge in [0.15, 0.2) is 0 Å². The van der Waals surface area contributed by atoms with Gasteiger partial charge in [-0.3, -0.25) is 4.79 Å². The second kappa shape index (κ2) is 8.14. The monoisotopic (exact) mass is 294 g/mol. The lowest BCUT2D eigenvalue weighted by atomic mass is 10.1. The Kier molecular flexibility index (Phi) is 6.52. The van der Waals surface area contributed by atoms with Crippen LogP contribution in [0, 0.1) is 5.82 Å². The van der Waals surface area contributed by atoms with Gasteiger partial charge in [0, 0.05) is 24.7 Å². The highest BCUT2D eigenvalue weighted by atomic mass is 19.1. The lowest BCUT2D eigenvalue weighted by molar-refractivity contribution is -0.137. The third-order valence-corrected chi connectivity index (χ3v) is 2.82. The molecule has 21 heavy (non-hydrogen) atoms. The van der Waals surface area contributed by atoms with Crippen LogP contribution in [0.15, 0.2) is 18.3 Å². The van der Waals surface area contributed by atoms with Gasteiger partial charge in [0.05, 0.1) is 12.8 Å². The molecule has 0 aliphatic heterocycles. The zero-order valence-electron chi connectivity index (χ0n) is 12.4. The molecule has 6 heteroatoms. The Balaban J connectivity index is 3.10. The molecule has 0 radical (unpaired) electrons. The van der Waals surface area contributed by atoms with E-state index in [0.717, 1.165) is 12.3 Å². The molecule has 0 saturated heterocycles. The van der Waals surface area contributed by atoms with Crippen molar-refractivity contribution in [2.45, 2.75) is 20.8 Å². The van der Waals surface area contributed by atoms with Crippen molar-refractivity contribution < 1.29 is 18.7 Å². The summed E-state index contributed by atoms with van der Waals surface area (Å²) in [6.45, 7) is 6.67. The Bertz CT molecular complexity index is 540. The lowest BCUT2D eigenvalue weighted by Gasteiger charge is -2.18. The van der Waals surface area contributed by atoms with Gasteiger partial charge in [-0.15, -0.1) is 0 Å². The Morgan fingerprint density at radius 3 is 2.57 bits per heavy atom. The summed E-state index contributed by atoms with van der Waals surface area (Å²) in [6, 6.07) is 1.17. The molecule has 0 bridgehead atoms. The first kappa shape index (κ1) is 16.8. The Morgan fingerprint density at radius 2 is 2.00 bits per heavy atom. The van der Waals surface area contributed by atoms with E-state index in [1.807, 2.05) is 13.8 Å². The fourth-order valence-corrected chi connectivity index (χ4v) is 1.77. The quantitative estimate of drug-likeness (QED) is 0.596. The molecule has 1 heterocycles. The maximum Gasteiger partial charge on any atom is 0.330 e. The molecule has 0 aliphatic rings. The number of aromatic nitrogens is 1. The highest BCUT2D eigenvalue weighted by Crippen LogP contribution is 2.13. The van der Waals surface area contributed by atoms with Crippen molar-refractivity contribution in [1.82, 2.24) is 9.88 Å². The van der Waals surface area contributed by atoms with Gasteiger partial charge in [-0.25, -0.2) is 14.2 Å². The SMILES string of the molecule is CCOC(=O)/C=C/c1cc(F)cnc1C(=O)N(CC)CC. The molecule has 1 amide bonds. The van der Waals surface area contributed by atoms with E-state index in [-0.39, 0.29) is 23.8 Å². The second-order valence-electron chi connectivity index (χ2n) is 4.15. The van der Waals surface area contributed by atoms with Crippen molar-refractivity contribution in [3.05, 3.63) is 35.4 Å². The summed E-state index contributed by atoms with van der Waals surface area (Å²) < 4.78 is 18.1. The molecular formula is C15H19FN2O3. The third-order valence-electron chi connectivity index (χ3n) is 2.82. The van der Waals surface area contributed by atoms with Crippen molar-refractivity contribution in [1.29, 1.82) is 0 Å². The van der Waals surface area contributed by atoms with E-state index in [0.29, 0.717) is 13.1 Å². The Labute approximate surface area is 123 Å². The Hall–Kier alpha value is -2.24. The van der Waals surface area contributed by atoms with E-state index < -0.39 is 11.8 Å². The van der Waals surface area contributed by atoms with Gasteiger partial charge in [0.1, 0.15) is 11.5 Å². The van der Waals surface area contributed by atoms with Gasteiger partial charge in [-0.05, 0) is 32.9 Å². The molecule has 1 rings (SSSR count). The van der Waals surface area contributed by atoms with Crippen LogP contribution in [0.5, 0.6) is 0 Å². The molecule has 0 spiro atoms. The number of hydrogen-bond acceptors (Lipinski definition) is 4. The second-order valence-corrected chi connectivity index (χ2v) is 4.15. The summed E-state index contributed by atoms with van der Waals surface area (Å²) in [5.74, 6) is -1.43. The first-order valence-electron chi connectivity index (χ1n) is 6.83. The van der Waals surface area contributed by atoms with Crippen LogP contribution in [0.2, 0.25) is 0 Å². The Morgan fingerprint density at radius 1 is 1.33 bits per heavy atom. The van der Waals surface area contributed by atoms with E-state index in [1.54, 1.807) is 11.8 Å². The van der Waals surface area contributed by atoms with Gasteiger partial charge in [-0.1, -0.05) is 0 Å². The van der Waals surface area contributed by atoms with Crippen LogP contribution in [0.25, 0.3) is 6.08 Å². The van der Waals surface area contributed by atoms with Crippen molar-refractivity contribution in [3.63, 3.8) is 0 Å². The number of amides is 1. The van der Waals surface area contributed by atoms with Crippen molar-refractivity contribution in [3.8, 4) is 0 Å². The van der Waals surface area contributed by atoms with E-state index >= 15 is 0 Å². The zero-order valence-corrected chi connectivity index (χ0v) is 12.4. The van der Waals surface area contributed by atoms with Gasteiger partial charge in [0.2, 0.25) is 0 Å². The van der Waals surface area contributed by atoms with Crippen LogP contribution in [-0.4, -0.2) is 41.5 Å². The molecular weight excluding hydrogens is 275 g/mol. The molecule has 1 aromatic heterocycles. The van der Waals surface area contributed by atoms with Crippen molar-refractivity contribution >= 4 is 18.0 Å². The van der Waals surface area contributed by atoms with Gasteiger partial charge in [-0.2, -0.15) is 0 Å². The van der Waals surface area contributed by atoms with Crippen LogP contribution in [0.3, 0.4) is 0 Å². The summed E-state index contributed by atoms with van der Waals surface area (Å²) >= 11 is 0. The van der Waals surface area contributed by atoms with E-state index in [1.165, 1.54) is 12.1 Å². The number of esters is 1. The van der Waals surface area contributed by atoms with Gasteiger partial charge in [0.25, 0.3) is 5.91 Å². The molecule has 0 fully saturated rings. The van der Waals surface area contributed by atoms with Crippen LogP contribution in [0.1, 0.15) is 36.8 Å². The summed E-state index contributed by atoms with van der Waals surface area (Å²) in [5.41, 5.74) is 0.362. The smallest absolute Gasteiger partial charge is 0.330 e. The first-order valence-corrected chi connectivity index (χ1v) is 6.83. The van der Waals surface area contributed by atoms with E-state index in [2.05, 4.69) is 4.98 Å². The number of ether oxygens (including phenoxy) is 1. The molecule has 0 aliphatic carbocycles. The van der Waals surface area contributed by atoms with Crippen LogP contribution in [-0.2, 0) is 9.53 Å². The molecule has 0 N–H and O–H groups in total. The predicted molar refractivity (Wildman–Crippen MR) is 77.1 cm³/mol. The molecule has 114 valence electrons. The lowest BCUT2D eigenvalue weighted by Crippen LogP contribution is -2.31. The maximum absolute atomic E-state index is 13.3. The highest BCUT2D eigenvalue weighted by molar-refractivity contribution is 5.97. The number of pyridine rings is 1. The minimum absolute atomic E-state index is 0.112. The highest BCUT2D eigenvalue weighted by Gasteiger charge is 2.17. The summed E-state index contributed by atoms with van der Waals surface area (Å²) in [5, 5.41) is 0. The minimum Gasteiger partial charge on any atom is -0.463 e. The average molecular weight is 294 g/mol. The molecule has 0 saturated carbocycles. The minimum atomic E-state index is -0.574. The zero-order chi connectivity index (χ0) is 15.8. The largest absolute Gasteiger partial charge is 0.463 e. The molecule has 0 unspecified atom stereocenters. The maximum atomic E-state index is 13.3. The van der Waals surface area contributed by atoms with Gasteiger partial charge < -0.3 is 9.64 Å². The first-order chi connectivity index (χ1) is 10.0. The van der Waals surface area contributed by atoms with Crippen LogP contribution in [0.4, 0.5) is 4.39 Å². The van der Waals surface area contributed by atoms with Crippen molar-refractivity contribution in [2.24, 2.45) is 0 Å². The summed E-state index contributed by atoms with van der Waals surface area (Å²) in [4.78, 5) is 29.0. The van der Waals surface area contributed by atoms with E-state index in [4.69, 9.17) is 4.74 Å². The number of hydrogen-bond donors (Lipinski definition) is 0. The van der Waals surface area contributed by atoms with Crippen LogP contribution >= 0.6 is 0 Å². The van der Waals surface area contributed by atoms with Crippen molar-refractivity contribution in [2.75, 3.05) is 19.7 Å². The number of carbonyl (C=O) groups is 2. The fourth-order valence-electron chi connectivity index (χ4n) is 1.77. The molecule has 5 nitrogen and oxygen atoms in total. The topological polar surface area (TPSA) is 59.5 Å². The number of carbonyl (C=O) groups excluding carboxylic acids is 2. The standard InChI is InChI=1S/C15H19FN2O3/c1-4-18(5-2)15(20)14-11(9-12(16)10-17-14)7-8-13(19)21-6-3/h7-10H,4-6H2,1-3H3/b8-7+. The third kappa shape index (κ3) is 4.66. The summed E-state index contributed by atoms with van der Waals surface area (Å²) in [6.07, 6.45) is 3.47. The predicted octanol–water partition coefficient (Wildman–Crippen LogP) is 2.28. The van der Waals surface area contributed by atoms with Crippen LogP contribution < -0.4 is 0 Å². The average Bonchev–Trinajstić information content (AvgIpc) is 2.46. The molecule has 0 atom stereocenters. The number of rotatable bonds is 6. The molecule has 1 aromatic rings. The molecule has 0 aromatic carbocycles. The normalized spacial score (nSPS) is 10.7. The number of halogens is 1.